The minimum atomic E-state index is 0.242. The number of rotatable bonds is 4. The SMILES string of the molecule is COCc1nc(C)cc(NC2CCCc3cn[nH]c32)n1. The Morgan fingerprint density at radius 3 is 3.20 bits per heavy atom. The monoisotopic (exact) mass is 273 g/mol. The van der Waals surface area contributed by atoms with Gasteiger partial charge in [0, 0.05) is 18.9 Å². The van der Waals surface area contributed by atoms with Crippen molar-refractivity contribution < 1.29 is 4.74 Å². The van der Waals surface area contributed by atoms with Gasteiger partial charge in [-0.1, -0.05) is 0 Å². The van der Waals surface area contributed by atoms with Gasteiger partial charge in [-0.2, -0.15) is 5.10 Å². The normalized spacial score (nSPS) is 17.8. The number of aromatic amines is 1. The molecule has 6 nitrogen and oxygen atoms in total. The lowest BCUT2D eigenvalue weighted by Crippen LogP contribution is -2.18. The molecule has 6 heteroatoms. The van der Waals surface area contributed by atoms with E-state index >= 15 is 0 Å². The number of nitrogens with one attached hydrogen (secondary N) is 2. The molecule has 0 saturated heterocycles. The molecule has 2 heterocycles. The second-order valence-electron chi connectivity index (χ2n) is 5.14. The first-order chi connectivity index (χ1) is 9.76. The number of nitrogens with zero attached hydrogens (tertiary/aromatic N) is 3. The van der Waals surface area contributed by atoms with Crippen LogP contribution in [0.3, 0.4) is 0 Å². The standard InChI is InChI=1S/C14H19N5O/c1-9-6-12(18-13(16-9)8-20-2)17-11-5-3-4-10-7-15-19-14(10)11/h6-7,11H,3-5,8H2,1-2H3,(H,15,19)(H,16,17,18). The fourth-order valence-corrected chi connectivity index (χ4v) is 2.68. The fourth-order valence-electron chi connectivity index (χ4n) is 2.68. The van der Waals surface area contributed by atoms with E-state index in [0.29, 0.717) is 12.4 Å². The Bertz CT molecular complexity index is 595. The minimum absolute atomic E-state index is 0.242. The highest BCUT2D eigenvalue weighted by Gasteiger charge is 2.22. The van der Waals surface area contributed by atoms with Crippen LogP contribution in [-0.4, -0.2) is 27.3 Å². The molecule has 3 rings (SSSR count). The molecule has 0 saturated carbocycles. The van der Waals surface area contributed by atoms with E-state index < -0.39 is 0 Å². The van der Waals surface area contributed by atoms with Crippen LogP contribution < -0.4 is 5.32 Å². The predicted octanol–water partition coefficient (Wildman–Crippen LogP) is 2.14. The second-order valence-corrected chi connectivity index (χ2v) is 5.14. The lowest BCUT2D eigenvalue weighted by atomic mass is 9.94. The van der Waals surface area contributed by atoms with E-state index in [0.717, 1.165) is 24.4 Å². The Morgan fingerprint density at radius 1 is 1.45 bits per heavy atom. The molecule has 1 aliphatic rings. The smallest absolute Gasteiger partial charge is 0.156 e. The van der Waals surface area contributed by atoms with Crippen LogP contribution in [-0.2, 0) is 17.8 Å². The third-order valence-electron chi connectivity index (χ3n) is 3.53. The van der Waals surface area contributed by atoms with Crippen LogP contribution in [0.4, 0.5) is 5.82 Å². The van der Waals surface area contributed by atoms with E-state index in [-0.39, 0.29) is 6.04 Å². The molecule has 2 N–H and O–H groups in total. The van der Waals surface area contributed by atoms with Crippen LogP contribution in [0.25, 0.3) is 0 Å². The van der Waals surface area contributed by atoms with Crippen LogP contribution in [0.15, 0.2) is 12.3 Å². The molecule has 0 amide bonds. The molecular weight excluding hydrogens is 254 g/mol. The van der Waals surface area contributed by atoms with Crippen molar-refractivity contribution in [3.05, 3.63) is 35.0 Å². The molecule has 1 unspecified atom stereocenters. The van der Waals surface area contributed by atoms with Crippen molar-refractivity contribution in [3.8, 4) is 0 Å². The van der Waals surface area contributed by atoms with Gasteiger partial charge in [0.2, 0.25) is 0 Å². The quantitative estimate of drug-likeness (QED) is 0.892. The number of hydrogen-bond donors (Lipinski definition) is 2. The molecule has 0 aliphatic heterocycles. The first-order valence-electron chi connectivity index (χ1n) is 6.88. The zero-order valence-electron chi connectivity index (χ0n) is 11.8. The molecule has 20 heavy (non-hydrogen) atoms. The molecule has 0 bridgehead atoms. The highest BCUT2D eigenvalue weighted by Crippen LogP contribution is 2.30. The van der Waals surface area contributed by atoms with Crippen LogP contribution in [0.2, 0.25) is 0 Å². The van der Waals surface area contributed by atoms with Crippen LogP contribution in [0.1, 0.15) is 41.7 Å². The summed E-state index contributed by atoms with van der Waals surface area (Å²) in [6, 6.07) is 2.20. The number of methoxy groups -OCH3 is 1. The van der Waals surface area contributed by atoms with Gasteiger partial charge >= 0.3 is 0 Å². The number of fused-ring (bicyclic) bond motifs is 1. The summed E-state index contributed by atoms with van der Waals surface area (Å²) in [7, 11) is 1.65. The van der Waals surface area contributed by atoms with Gasteiger partial charge in [0.15, 0.2) is 5.82 Å². The van der Waals surface area contributed by atoms with Crippen molar-refractivity contribution in [3.63, 3.8) is 0 Å². The number of hydrogen-bond acceptors (Lipinski definition) is 5. The fraction of sp³-hybridized carbons (Fsp3) is 0.500. The Labute approximate surface area is 118 Å². The van der Waals surface area contributed by atoms with Crippen molar-refractivity contribution in [2.45, 2.75) is 38.8 Å². The molecule has 0 radical (unpaired) electrons. The highest BCUT2D eigenvalue weighted by molar-refractivity contribution is 5.40. The van der Waals surface area contributed by atoms with Gasteiger partial charge in [0.1, 0.15) is 12.4 Å². The van der Waals surface area contributed by atoms with E-state index in [1.807, 2.05) is 19.2 Å². The van der Waals surface area contributed by atoms with Crippen molar-refractivity contribution in [2.24, 2.45) is 0 Å². The minimum Gasteiger partial charge on any atom is -0.377 e. The lowest BCUT2D eigenvalue weighted by molar-refractivity contribution is 0.177. The number of anilines is 1. The Morgan fingerprint density at radius 2 is 2.35 bits per heavy atom. The highest BCUT2D eigenvalue weighted by atomic mass is 16.5. The summed E-state index contributed by atoms with van der Waals surface area (Å²) in [6.07, 6.45) is 5.27. The second kappa shape index (κ2) is 5.58. The summed E-state index contributed by atoms with van der Waals surface area (Å²) in [5.41, 5.74) is 3.42. The van der Waals surface area contributed by atoms with Gasteiger partial charge in [-0.25, -0.2) is 9.97 Å². The van der Waals surface area contributed by atoms with Crippen LogP contribution >= 0.6 is 0 Å². The van der Waals surface area contributed by atoms with Gasteiger partial charge in [-0.3, -0.25) is 5.10 Å². The Kier molecular flexibility index (Phi) is 3.64. The number of H-pyrrole nitrogens is 1. The maximum absolute atomic E-state index is 5.10. The topological polar surface area (TPSA) is 75.7 Å². The summed E-state index contributed by atoms with van der Waals surface area (Å²) in [6.45, 7) is 2.39. The maximum Gasteiger partial charge on any atom is 0.156 e. The molecule has 106 valence electrons. The summed E-state index contributed by atoms with van der Waals surface area (Å²) >= 11 is 0. The summed E-state index contributed by atoms with van der Waals surface area (Å²) < 4.78 is 5.10. The predicted molar refractivity (Wildman–Crippen MR) is 75.4 cm³/mol. The number of aryl methyl sites for hydroxylation is 2. The first kappa shape index (κ1) is 13.1. The maximum atomic E-state index is 5.10. The van der Waals surface area contributed by atoms with Gasteiger partial charge in [-0.15, -0.1) is 0 Å². The largest absolute Gasteiger partial charge is 0.377 e. The third kappa shape index (κ3) is 2.65. The van der Waals surface area contributed by atoms with Crippen molar-refractivity contribution >= 4 is 5.82 Å². The molecule has 1 aliphatic carbocycles. The molecule has 0 aromatic carbocycles. The number of ether oxygens (including phenoxy) is 1. The Balaban J connectivity index is 1.82. The number of aromatic nitrogens is 4. The van der Waals surface area contributed by atoms with Crippen molar-refractivity contribution in [1.82, 2.24) is 20.2 Å². The summed E-state index contributed by atoms with van der Waals surface area (Å²) in [5.74, 6) is 1.55. The van der Waals surface area contributed by atoms with Crippen molar-refractivity contribution in [2.75, 3.05) is 12.4 Å². The Hall–Kier alpha value is -1.95. The van der Waals surface area contributed by atoms with E-state index in [2.05, 4.69) is 25.5 Å². The van der Waals surface area contributed by atoms with Gasteiger partial charge in [0.25, 0.3) is 0 Å². The van der Waals surface area contributed by atoms with Gasteiger partial charge in [0.05, 0.1) is 17.9 Å². The van der Waals surface area contributed by atoms with Gasteiger partial charge in [-0.05, 0) is 31.7 Å². The third-order valence-corrected chi connectivity index (χ3v) is 3.53. The molecule has 2 aromatic rings. The van der Waals surface area contributed by atoms with E-state index in [1.165, 1.54) is 17.7 Å². The molecular formula is C14H19N5O. The van der Waals surface area contributed by atoms with E-state index in [1.54, 1.807) is 7.11 Å². The average Bonchev–Trinajstić information content (AvgIpc) is 2.88. The van der Waals surface area contributed by atoms with E-state index in [4.69, 9.17) is 4.74 Å². The molecule has 0 spiro atoms. The zero-order valence-corrected chi connectivity index (χ0v) is 11.8. The van der Waals surface area contributed by atoms with Gasteiger partial charge < -0.3 is 10.1 Å². The zero-order chi connectivity index (χ0) is 13.9. The first-order valence-corrected chi connectivity index (χ1v) is 6.88. The van der Waals surface area contributed by atoms with E-state index in [9.17, 15) is 0 Å². The molecule has 2 aromatic heterocycles. The average molecular weight is 273 g/mol. The lowest BCUT2D eigenvalue weighted by Gasteiger charge is -2.23. The summed E-state index contributed by atoms with van der Waals surface area (Å²) in [5, 5.41) is 10.7. The molecule has 1 atom stereocenters. The van der Waals surface area contributed by atoms with Crippen molar-refractivity contribution in [1.29, 1.82) is 0 Å². The molecule has 0 fully saturated rings. The van der Waals surface area contributed by atoms with Crippen LogP contribution in [0, 0.1) is 6.92 Å². The van der Waals surface area contributed by atoms with Crippen LogP contribution in [0.5, 0.6) is 0 Å². The summed E-state index contributed by atoms with van der Waals surface area (Å²) in [4.78, 5) is 8.85.